The maximum absolute atomic E-state index is 6.55. The first-order valence-corrected chi connectivity index (χ1v) is 8.68. The molecule has 2 fully saturated rings. The molecular formula is C18H27ClN2. The van der Waals surface area contributed by atoms with Gasteiger partial charge in [-0.2, -0.15) is 0 Å². The molecule has 116 valence electrons. The Kier molecular flexibility index (Phi) is 4.46. The van der Waals surface area contributed by atoms with Crippen LogP contribution in [0.15, 0.2) is 18.2 Å². The minimum absolute atomic E-state index is 0.468. The van der Waals surface area contributed by atoms with Gasteiger partial charge in [0, 0.05) is 25.7 Å². The van der Waals surface area contributed by atoms with Crippen molar-refractivity contribution >= 4 is 17.3 Å². The molecule has 1 saturated heterocycles. The predicted octanol–water partition coefficient (Wildman–Crippen LogP) is 4.61. The summed E-state index contributed by atoms with van der Waals surface area (Å²) in [5.41, 5.74) is 2.98. The first-order valence-electron chi connectivity index (χ1n) is 8.30. The summed E-state index contributed by atoms with van der Waals surface area (Å²) in [6, 6.07) is 7.33. The number of hydrogen-bond acceptors (Lipinski definition) is 2. The fraction of sp³-hybridized carbons (Fsp3) is 0.667. The zero-order valence-corrected chi connectivity index (χ0v) is 14.0. The Morgan fingerprint density at radius 1 is 1.24 bits per heavy atom. The van der Waals surface area contributed by atoms with Crippen LogP contribution in [0.5, 0.6) is 0 Å². The number of halogens is 1. The number of nitrogens with one attached hydrogen (secondary N) is 1. The second kappa shape index (κ2) is 6.18. The van der Waals surface area contributed by atoms with Gasteiger partial charge >= 0.3 is 0 Å². The van der Waals surface area contributed by atoms with E-state index in [9.17, 15) is 0 Å². The maximum atomic E-state index is 6.55. The van der Waals surface area contributed by atoms with Crippen LogP contribution in [0.2, 0.25) is 5.02 Å². The maximum Gasteiger partial charge on any atom is 0.0642 e. The molecule has 1 aromatic carbocycles. The van der Waals surface area contributed by atoms with Crippen molar-refractivity contribution in [2.45, 2.75) is 58.5 Å². The molecule has 0 spiro atoms. The van der Waals surface area contributed by atoms with E-state index in [0.29, 0.717) is 5.41 Å². The summed E-state index contributed by atoms with van der Waals surface area (Å²) in [6.07, 6.45) is 6.47. The van der Waals surface area contributed by atoms with Crippen LogP contribution in [0, 0.1) is 5.41 Å². The van der Waals surface area contributed by atoms with Gasteiger partial charge in [-0.15, -0.1) is 0 Å². The summed E-state index contributed by atoms with van der Waals surface area (Å²) >= 11 is 6.55. The Balaban J connectivity index is 1.66. The van der Waals surface area contributed by atoms with Crippen LogP contribution in [-0.2, 0) is 6.54 Å². The zero-order chi connectivity index (χ0) is 14.9. The molecule has 1 aliphatic carbocycles. The van der Waals surface area contributed by atoms with E-state index >= 15 is 0 Å². The van der Waals surface area contributed by atoms with Crippen molar-refractivity contribution in [2.75, 3.05) is 18.0 Å². The van der Waals surface area contributed by atoms with Gasteiger partial charge < -0.3 is 10.2 Å². The molecule has 1 aromatic rings. The number of benzene rings is 1. The number of anilines is 1. The van der Waals surface area contributed by atoms with Crippen LogP contribution >= 0.6 is 11.6 Å². The molecule has 1 aliphatic heterocycles. The van der Waals surface area contributed by atoms with Gasteiger partial charge in [-0.25, -0.2) is 0 Å². The quantitative estimate of drug-likeness (QED) is 0.874. The lowest BCUT2D eigenvalue weighted by Gasteiger charge is -2.26. The van der Waals surface area contributed by atoms with Crippen LogP contribution in [0.25, 0.3) is 0 Å². The molecule has 0 atom stereocenters. The molecule has 1 heterocycles. The molecule has 0 amide bonds. The third kappa shape index (κ3) is 4.14. The van der Waals surface area contributed by atoms with Gasteiger partial charge in [0.1, 0.15) is 0 Å². The molecule has 1 N–H and O–H groups in total. The highest BCUT2D eigenvalue weighted by Gasteiger charge is 2.24. The molecule has 1 saturated carbocycles. The van der Waals surface area contributed by atoms with Gasteiger partial charge in [-0.05, 0) is 55.2 Å². The van der Waals surface area contributed by atoms with E-state index in [4.69, 9.17) is 11.6 Å². The molecule has 2 nitrogen and oxygen atoms in total. The third-order valence-electron chi connectivity index (χ3n) is 4.87. The second-order valence-corrected chi connectivity index (χ2v) is 7.85. The largest absolute Gasteiger partial charge is 0.370 e. The fourth-order valence-electron chi connectivity index (χ4n) is 3.13. The van der Waals surface area contributed by atoms with E-state index in [2.05, 4.69) is 42.3 Å². The third-order valence-corrected chi connectivity index (χ3v) is 5.17. The normalized spacial score (nSPS) is 22.1. The Morgan fingerprint density at radius 3 is 2.76 bits per heavy atom. The van der Waals surface area contributed by atoms with Gasteiger partial charge in [0.2, 0.25) is 0 Å². The lowest BCUT2D eigenvalue weighted by Crippen LogP contribution is -2.25. The van der Waals surface area contributed by atoms with Gasteiger partial charge in [-0.1, -0.05) is 31.5 Å². The first kappa shape index (κ1) is 15.2. The average molecular weight is 307 g/mol. The van der Waals surface area contributed by atoms with Crippen molar-refractivity contribution in [3.8, 4) is 0 Å². The molecule has 2 aliphatic rings. The minimum atomic E-state index is 0.468. The molecule has 0 aromatic heterocycles. The highest BCUT2D eigenvalue weighted by Crippen LogP contribution is 2.34. The number of rotatable bonds is 4. The lowest BCUT2D eigenvalue weighted by atomic mass is 9.85. The average Bonchev–Trinajstić information content (AvgIpc) is 3.25. The van der Waals surface area contributed by atoms with E-state index in [1.165, 1.54) is 43.4 Å². The van der Waals surface area contributed by atoms with Crippen LogP contribution in [0.3, 0.4) is 0 Å². The Morgan fingerprint density at radius 2 is 2.05 bits per heavy atom. The van der Waals surface area contributed by atoms with Crippen molar-refractivity contribution in [2.24, 2.45) is 5.41 Å². The van der Waals surface area contributed by atoms with Crippen LogP contribution in [-0.4, -0.2) is 19.1 Å². The Hall–Kier alpha value is -0.730. The summed E-state index contributed by atoms with van der Waals surface area (Å²) < 4.78 is 0. The summed E-state index contributed by atoms with van der Waals surface area (Å²) in [4.78, 5) is 2.47. The van der Waals surface area contributed by atoms with Crippen LogP contribution in [0.1, 0.15) is 51.5 Å². The summed E-state index contributed by atoms with van der Waals surface area (Å²) in [7, 11) is 0. The summed E-state index contributed by atoms with van der Waals surface area (Å²) in [6.45, 7) is 7.95. The van der Waals surface area contributed by atoms with Crippen molar-refractivity contribution in [3.63, 3.8) is 0 Å². The molecule has 0 unspecified atom stereocenters. The SMILES string of the molecule is CC1(C)CCCN(c2ccc(CNC3CC3)cc2Cl)CC1. The van der Waals surface area contributed by atoms with E-state index in [1.807, 2.05) is 0 Å². The smallest absolute Gasteiger partial charge is 0.0642 e. The Labute approximate surface area is 133 Å². The molecular weight excluding hydrogens is 280 g/mol. The van der Waals surface area contributed by atoms with E-state index < -0.39 is 0 Å². The molecule has 3 heteroatoms. The fourth-order valence-corrected chi connectivity index (χ4v) is 3.45. The summed E-state index contributed by atoms with van der Waals surface area (Å²) in [5.74, 6) is 0. The van der Waals surface area contributed by atoms with Crippen LogP contribution < -0.4 is 10.2 Å². The second-order valence-electron chi connectivity index (χ2n) is 7.45. The number of nitrogens with zero attached hydrogens (tertiary/aromatic N) is 1. The predicted molar refractivity (Wildman–Crippen MR) is 91.2 cm³/mol. The zero-order valence-electron chi connectivity index (χ0n) is 13.3. The highest BCUT2D eigenvalue weighted by molar-refractivity contribution is 6.33. The first-order chi connectivity index (χ1) is 10.0. The number of hydrogen-bond donors (Lipinski definition) is 1. The van der Waals surface area contributed by atoms with E-state index in [1.54, 1.807) is 0 Å². The lowest BCUT2D eigenvalue weighted by molar-refractivity contribution is 0.325. The molecule has 21 heavy (non-hydrogen) atoms. The monoisotopic (exact) mass is 306 g/mol. The van der Waals surface area contributed by atoms with Gasteiger partial charge in [-0.3, -0.25) is 0 Å². The van der Waals surface area contributed by atoms with E-state index in [-0.39, 0.29) is 0 Å². The standard InChI is InChI=1S/C18H27ClN2/c1-18(2)8-3-10-21(11-9-18)17-7-4-14(12-16(17)19)13-20-15-5-6-15/h4,7,12,15,20H,3,5-6,8-11,13H2,1-2H3. The minimum Gasteiger partial charge on any atom is -0.370 e. The van der Waals surface area contributed by atoms with E-state index in [0.717, 1.165) is 30.7 Å². The van der Waals surface area contributed by atoms with Crippen molar-refractivity contribution in [1.29, 1.82) is 0 Å². The molecule has 0 radical (unpaired) electrons. The summed E-state index contributed by atoms with van der Waals surface area (Å²) in [5, 5.41) is 4.45. The van der Waals surface area contributed by atoms with Crippen LogP contribution in [0.4, 0.5) is 5.69 Å². The topological polar surface area (TPSA) is 15.3 Å². The van der Waals surface area contributed by atoms with Crippen molar-refractivity contribution < 1.29 is 0 Å². The Bertz CT molecular complexity index is 494. The van der Waals surface area contributed by atoms with Crippen molar-refractivity contribution in [1.82, 2.24) is 5.32 Å². The highest BCUT2D eigenvalue weighted by atomic mass is 35.5. The molecule has 0 bridgehead atoms. The molecule has 3 rings (SSSR count). The van der Waals surface area contributed by atoms with Gasteiger partial charge in [0.05, 0.1) is 10.7 Å². The van der Waals surface area contributed by atoms with Gasteiger partial charge in [0.25, 0.3) is 0 Å². The van der Waals surface area contributed by atoms with Crippen molar-refractivity contribution in [3.05, 3.63) is 28.8 Å². The van der Waals surface area contributed by atoms with Gasteiger partial charge in [0.15, 0.2) is 0 Å².